The van der Waals surface area contributed by atoms with Gasteiger partial charge in [-0.25, -0.2) is 0 Å². The van der Waals surface area contributed by atoms with Crippen molar-refractivity contribution in [3.63, 3.8) is 0 Å². The molecule has 0 bridgehead atoms. The van der Waals surface area contributed by atoms with E-state index < -0.39 is 0 Å². The molecule has 0 aliphatic heterocycles. The number of carbonyl (C=O) groups excluding carboxylic acids is 2. The summed E-state index contributed by atoms with van der Waals surface area (Å²) in [5.74, 6) is -0.0209. The number of para-hydroxylation sites is 1. The number of nitrogens with zero attached hydrogens (tertiary/aromatic N) is 2. The number of anilines is 1. The van der Waals surface area contributed by atoms with Crippen molar-refractivity contribution in [2.75, 3.05) is 25.5 Å². The second-order valence-corrected chi connectivity index (χ2v) is 7.30. The van der Waals surface area contributed by atoms with E-state index in [2.05, 4.69) is 33.0 Å². The number of benzene rings is 1. The van der Waals surface area contributed by atoms with Gasteiger partial charge in [0.15, 0.2) is 0 Å². The first-order chi connectivity index (χ1) is 12.2. The highest BCUT2D eigenvalue weighted by molar-refractivity contribution is 5.94. The second kappa shape index (κ2) is 10.3. The Hall–Kier alpha value is -1.88. The third-order valence-electron chi connectivity index (χ3n) is 4.98. The van der Waals surface area contributed by atoms with Gasteiger partial charge in [-0.2, -0.15) is 0 Å². The molecule has 1 aromatic rings. The van der Waals surface area contributed by atoms with Crippen LogP contribution in [0, 0.1) is 13.8 Å². The Morgan fingerprint density at radius 1 is 1.00 bits per heavy atom. The zero-order valence-electron chi connectivity index (χ0n) is 17.4. The van der Waals surface area contributed by atoms with Crippen molar-refractivity contribution in [3.05, 3.63) is 29.3 Å². The zero-order chi connectivity index (χ0) is 19.9. The first kappa shape index (κ1) is 22.2. The van der Waals surface area contributed by atoms with E-state index in [9.17, 15) is 9.59 Å². The third-order valence-corrected chi connectivity index (χ3v) is 4.98. The van der Waals surface area contributed by atoms with Crippen LogP contribution in [0.15, 0.2) is 18.2 Å². The number of carbonyl (C=O) groups is 2. The molecule has 0 fully saturated rings. The van der Waals surface area contributed by atoms with E-state index in [1.807, 2.05) is 44.0 Å². The van der Waals surface area contributed by atoms with E-state index in [1.54, 1.807) is 4.90 Å². The van der Waals surface area contributed by atoms with Gasteiger partial charge >= 0.3 is 0 Å². The summed E-state index contributed by atoms with van der Waals surface area (Å²) in [6.07, 6.45) is 1.85. The Morgan fingerprint density at radius 3 is 1.96 bits per heavy atom. The largest absolute Gasteiger partial charge is 0.336 e. The summed E-state index contributed by atoms with van der Waals surface area (Å²) in [5.41, 5.74) is 2.94. The number of rotatable bonds is 9. The molecule has 1 rings (SSSR count). The molecule has 2 amide bonds. The van der Waals surface area contributed by atoms with Crippen molar-refractivity contribution >= 4 is 17.5 Å². The fourth-order valence-electron chi connectivity index (χ4n) is 3.12. The Balaban J connectivity index is 2.68. The SMILES string of the molecule is CC[C@@H](C)N(C(=O)CN(C)CC(=O)Nc1c(C)cccc1C)[C@H](C)CC. The average molecular weight is 362 g/mol. The number of hydrogen-bond acceptors (Lipinski definition) is 3. The predicted molar refractivity (Wildman–Crippen MR) is 108 cm³/mol. The molecule has 5 nitrogen and oxygen atoms in total. The van der Waals surface area contributed by atoms with Crippen molar-refractivity contribution in [3.8, 4) is 0 Å². The fraction of sp³-hybridized carbons (Fsp3) is 0.619. The molecule has 0 unspecified atom stereocenters. The van der Waals surface area contributed by atoms with Crippen molar-refractivity contribution in [1.82, 2.24) is 9.80 Å². The van der Waals surface area contributed by atoms with Gasteiger partial charge in [0.2, 0.25) is 11.8 Å². The van der Waals surface area contributed by atoms with E-state index in [4.69, 9.17) is 0 Å². The van der Waals surface area contributed by atoms with Crippen LogP contribution < -0.4 is 5.32 Å². The summed E-state index contributed by atoms with van der Waals surface area (Å²) < 4.78 is 0. The molecule has 0 aromatic heterocycles. The van der Waals surface area contributed by atoms with Gasteiger partial charge in [-0.3, -0.25) is 14.5 Å². The van der Waals surface area contributed by atoms with Gasteiger partial charge in [0.1, 0.15) is 0 Å². The van der Waals surface area contributed by atoms with Gasteiger partial charge < -0.3 is 10.2 Å². The maximum atomic E-state index is 12.8. The van der Waals surface area contributed by atoms with Gasteiger partial charge in [0.05, 0.1) is 13.1 Å². The molecule has 26 heavy (non-hydrogen) atoms. The quantitative estimate of drug-likeness (QED) is 0.731. The molecule has 0 spiro atoms. The van der Waals surface area contributed by atoms with Gasteiger partial charge in [-0.1, -0.05) is 32.0 Å². The molecular formula is C21H35N3O2. The highest BCUT2D eigenvalue weighted by Crippen LogP contribution is 2.19. The predicted octanol–water partition coefficient (Wildman–Crippen LogP) is 3.60. The minimum Gasteiger partial charge on any atom is -0.336 e. The molecule has 0 aliphatic rings. The highest BCUT2D eigenvalue weighted by atomic mass is 16.2. The van der Waals surface area contributed by atoms with Crippen LogP contribution in [-0.4, -0.2) is 53.8 Å². The third kappa shape index (κ3) is 6.13. The van der Waals surface area contributed by atoms with Gasteiger partial charge in [0, 0.05) is 17.8 Å². The van der Waals surface area contributed by atoms with E-state index >= 15 is 0 Å². The molecule has 0 heterocycles. The molecule has 0 saturated carbocycles. The van der Waals surface area contributed by atoms with Crippen LogP contribution in [0.5, 0.6) is 0 Å². The topological polar surface area (TPSA) is 52.7 Å². The summed E-state index contributed by atoms with van der Waals surface area (Å²) in [7, 11) is 1.81. The van der Waals surface area contributed by atoms with E-state index in [0.29, 0.717) is 0 Å². The van der Waals surface area contributed by atoms with Crippen molar-refractivity contribution in [2.24, 2.45) is 0 Å². The number of aryl methyl sites for hydroxylation is 2. The first-order valence-electron chi connectivity index (χ1n) is 9.56. The van der Waals surface area contributed by atoms with Gasteiger partial charge in [0.25, 0.3) is 0 Å². The summed E-state index contributed by atoms with van der Waals surface area (Å²) in [6, 6.07) is 6.34. The summed E-state index contributed by atoms with van der Waals surface area (Å²) in [5, 5.41) is 2.97. The number of hydrogen-bond donors (Lipinski definition) is 1. The Kier molecular flexibility index (Phi) is 8.79. The van der Waals surface area contributed by atoms with Crippen LogP contribution in [0.1, 0.15) is 51.7 Å². The number of amides is 2. The van der Waals surface area contributed by atoms with Crippen molar-refractivity contribution in [1.29, 1.82) is 0 Å². The van der Waals surface area contributed by atoms with Crippen LogP contribution in [0.4, 0.5) is 5.69 Å². The van der Waals surface area contributed by atoms with Crippen LogP contribution in [-0.2, 0) is 9.59 Å². The van der Waals surface area contributed by atoms with E-state index in [-0.39, 0.29) is 37.0 Å². The Morgan fingerprint density at radius 2 is 1.50 bits per heavy atom. The maximum Gasteiger partial charge on any atom is 0.238 e. The average Bonchev–Trinajstić information content (AvgIpc) is 2.57. The molecule has 2 atom stereocenters. The lowest BCUT2D eigenvalue weighted by Gasteiger charge is -2.35. The van der Waals surface area contributed by atoms with Crippen LogP contribution >= 0.6 is 0 Å². The fourth-order valence-corrected chi connectivity index (χ4v) is 3.12. The second-order valence-electron chi connectivity index (χ2n) is 7.30. The molecular weight excluding hydrogens is 326 g/mol. The monoisotopic (exact) mass is 361 g/mol. The minimum atomic E-state index is -0.101. The number of likely N-dealkylation sites (N-methyl/N-ethyl adjacent to an activating group) is 1. The normalized spacial score (nSPS) is 13.4. The standard InChI is InChI=1S/C21H35N3O2/c1-8-17(5)24(18(6)9-2)20(26)14-23(7)13-19(25)22-21-15(3)11-10-12-16(21)4/h10-12,17-18H,8-9,13-14H2,1-7H3,(H,22,25)/t17-,18-/m1/s1. The molecule has 0 aliphatic carbocycles. The lowest BCUT2D eigenvalue weighted by atomic mass is 10.1. The molecule has 0 radical (unpaired) electrons. The smallest absolute Gasteiger partial charge is 0.238 e. The van der Waals surface area contributed by atoms with Gasteiger partial charge in [-0.05, 0) is 58.7 Å². The van der Waals surface area contributed by atoms with E-state index in [1.165, 1.54) is 0 Å². The molecule has 1 N–H and O–H groups in total. The van der Waals surface area contributed by atoms with Crippen molar-refractivity contribution in [2.45, 2.75) is 66.5 Å². The first-order valence-corrected chi connectivity index (χ1v) is 9.56. The van der Waals surface area contributed by atoms with E-state index in [0.717, 1.165) is 29.7 Å². The molecule has 146 valence electrons. The van der Waals surface area contributed by atoms with Crippen LogP contribution in [0.2, 0.25) is 0 Å². The molecule has 1 aromatic carbocycles. The zero-order valence-corrected chi connectivity index (χ0v) is 17.4. The van der Waals surface area contributed by atoms with Gasteiger partial charge in [-0.15, -0.1) is 0 Å². The van der Waals surface area contributed by atoms with Crippen molar-refractivity contribution < 1.29 is 9.59 Å². The molecule has 0 saturated heterocycles. The summed E-state index contributed by atoms with van der Waals surface area (Å²) in [6.45, 7) is 12.7. The molecule has 5 heteroatoms. The van der Waals surface area contributed by atoms with Crippen LogP contribution in [0.3, 0.4) is 0 Å². The van der Waals surface area contributed by atoms with Crippen LogP contribution in [0.25, 0.3) is 0 Å². The Labute approximate surface area is 158 Å². The summed E-state index contributed by atoms with van der Waals surface area (Å²) in [4.78, 5) is 28.9. The maximum absolute atomic E-state index is 12.8. The summed E-state index contributed by atoms with van der Waals surface area (Å²) >= 11 is 0. The number of nitrogens with one attached hydrogen (secondary N) is 1. The minimum absolute atomic E-state index is 0.0797. The Bertz CT molecular complexity index is 585. The lowest BCUT2D eigenvalue weighted by Crippen LogP contribution is -2.49. The lowest BCUT2D eigenvalue weighted by molar-refractivity contribution is -0.136. The highest BCUT2D eigenvalue weighted by Gasteiger charge is 2.24.